The summed E-state index contributed by atoms with van der Waals surface area (Å²) in [5, 5.41) is 3.93. The molecule has 4 aliphatic carbocycles. The van der Waals surface area contributed by atoms with Crippen molar-refractivity contribution in [3.8, 4) is 0 Å². The summed E-state index contributed by atoms with van der Waals surface area (Å²) in [7, 11) is 2.26. The monoisotopic (exact) mass is 248 g/mol. The van der Waals surface area contributed by atoms with Gasteiger partial charge in [-0.1, -0.05) is 0 Å². The highest BCUT2D eigenvalue weighted by atomic mass is 15.2. The number of likely N-dealkylation sites (tertiary alicyclic amines) is 1. The van der Waals surface area contributed by atoms with E-state index in [9.17, 15) is 0 Å². The molecule has 4 bridgehead atoms. The molecule has 5 rings (SSSR count). The van der Waals surface area contributed by atoms with Crippen LogP contribution in [-0.2, 0) is 0 Å². The quantitative estimate of drug-likeness (QED) is 0.825. The minimum atomic E-state index is 0.718. The highest BCUT2D eigenvalue weighted by Crippen LogP contribution is 2.59. The maximum atomic E-state index is 3.93. The number of nitrogens with one attached hydrogen (secondary N) is 1. The van der Waals surface area contributed by atoms with Gasteiger partial charge in [0, 0.05) is 19.1 Å². The Bertz CT molecular complexity index is 290. The van der Waals surface area contributed by atoms with Gasteiger partial charge in [-0.3, -0.25) is 0 Å². The Morgan fingerprint density at radius 1 is 1.06 bits per heavy atom. The first-order valence-corrected chi connectivity index (χ1v) is 8.13. The van der Waals surface area contributed by atoms with Gasteiger partial charge in [0.25, 0.3) is 0 Å². The topological polar surface area (TPSA) is 15.3 Å². The molecule has 1 saturated heterocycles. The number of rotatable bonds is 3. The molecule has 1 atom stereocenters. The van der Waals surface area contributed by atoms with Crippen LogP contribution in [0.4, 0.5) is 0 Å². The third-order valence-electron chi connectivity index (χ3n) is 6.32. The molecular weight excluding hydrogens is 220 g/mol. The summed E-state index contributed by atoms with van der Waals surface area (Å²) in [6.07, 6.45) is 10.7. The van der Waals surface area contributed by atoms with E-state index in [1.54, 1.807) is 38.5 Å². The zero-order valence-electron chi connectivity index (χ0n) is 11.8. The fourth-order valence-corrected chi connectivity index (χ4v) is 5.97. The van der Waals surface area contributed by atoms with Gasteiger partial charge >= 0.3 is 0 Å². The summed E-state index contributed by atoms with van der Waals surface area (Å²) in [4.78, 5) is 2.47. The number of hydrogen-bond donors (Lipinski definition) is 1. The van der Waals surface area contributed by atoms with E-state index in [2.05, 4.69) is 17.3 Å². The molecule has 1 unspecified atom stereocenters. The molecule has 4 saturated carbocycles. The van der Waals surface area contributed by atoms with Crippen LogP contribution in [0.5, 0.6) is 0 Å². The molecule has 0 aromatic carbocycles. The molecule has 0 spiro atoms. The van der Waals surface area contributed by atoms with Gasteiger partial charge in [0.15, 0.2) is 0 Å². The first-order chi connectivity index (χ1) is 8.71. The number of likely N-dealkylation sites (N-methyl/N-ethyl adjacent to an activating group) is 1. The van der Waals surface area contributed by atoms with Crippen molar-refractivity contribution in [2.45, 2.75) is 51.0 Å². The highest BCUT2D eigenvalue weighted by molar-refractivity contribution is 5.02. The van der Waals surface area contributed by atoms with Gasteiger partial charge in [-0.15, -0.1) is 0 Å². The van der Waals surface area contributed by atoms with Crippen LogP contribution in [0.25, 0.3) is 0 Å². The van der Waals surface area contributed by atoms with E-state index in [1.165, 1.54) is 26.1 Å². The van der Waals surface area contributed by atoms with Crippen LogP contribution in [-0.4, -0.2) is 37.6 Å². The lowest BCUT2D eigenvalue weighted by molar-refractivity contribution is -0.0523. The Labute approximate surface area is 111 Å². The Morgan fingerprint density at radius 2 is 1.67 bits per heavy atom. The molecule has 18 heavy (non-hydrogen) atoms. The molecule has 5 fully saturated rings. The molecule has 1 heterocycles. The van der Waals surface area contributed by atoms with Crippen molar-refractivity contribution in [3.63, 3.8) is 0 Å². The second-order valence-corrected chi connectivity index (χ2v) is 8.05. The van der Waals surface area contributed by atoms with Crippen molar-refractivity contribution in [1.82, 2.24) is 10.2 Å². The van der Waals surface area contributed by atoms with Crippen molar-refractivity contribution < 1.29 is 0 Å². The zero-order valence-corrected chi connectivity index (χ0v) is 11.8. The largest absolute Gasteiger partial charge is 0.312 e. The van der Waals surface area contributed by atoms with Gasteiger partial charge < -0.3 is 10.2 Å². The SMILES string of the molecule is CN1CCC(NCC23CC4CC(CC(C4)C2)C3)C1. The van der Waals surface area contributed by atoms with E-state index in [1.807, 2.05) is 0 Å². The minimum Gasteiger partial charge on any atom is -0.312 e. The maximum absolute atomic E-state index is 3.93. The molecular formula is C16H28N2. The average molecular weight is 248 g/mol. The van der Waals surface area contributed by atoms with Crippen LogP contribution in [0, 0.1) is 23.2 Å². The third kappa shape index (κ3) is 2.02. The summed E-state index contributed by atoms with van der Waals surface area (Å²) < 4.78 is 0. The van der Waals surface area contributed by atoms with Crippen molar-refractivity contribution in [1.29, 1.82) is 0 Å². The Balaban J connectivity index is 1.39. The molecule has 0 amide bonds. The molecule has 1 aliphatic heterocycles. The predicted octanol–water partition coefficient (Wildman–Crippen LogP) is 2.50. The van der Waals surface area contributed by atoms with Crippen LogP contribution in [0.3, 0.4) is 0 Å². The average Bonchev–Trinajstić information content (AvgIpc) is 2.71. The Morgan fingerprint density at radius 3 is 2.17 bits per heavy atom. The lowest BCUT2D eigenvalue weighted by Crippen LogP contribution is -2.52. The normalized spacial score (nSPS) is 51.2. The number of hydrogen-bond acceptors (Lipinski definition) is 2. The van der Waals surface area contributed by atoms with Gasteiger partial charge in [0.2, 0.25) is 0 Å². The van der Waals surface area contributed by atoms with Gasteiger partial charge in [0.1, 0.15) is 0 Å². The van der Waals surface area contributed by atoms with Crippen LogP contribution in [0.15, 0.2) is 0 Å². The van der Waals surface area contributed by atoms with Crippen molar-refractivity contribution >= 4 is 0 Å². The summed E-state index contributed by atoms with van der Waals surface area (Å²) in [5.41, 5.74) is 0.718. The first-order valence-electron chi connectivity index (χ1n) is 8.13. The fraction of sp³-hybridized carbons (Fsp3) is 1.00. The van der Waals surface area contributed by atoms with Gasteiger partial charge in [-0.2, -0.15) is 0 Å². The second kappa shape index (κ2) is 4.21. The summed E-state index contributed by atoms with van der Waals surface area (Å²) in [6, 6.07) is 0.781. The van der Waals surface area contributed by atoms with Crippen LogP contribution in [0.1, 0.15) is 44.9 Å². The van der Waals surface area contributed by atoms with E-state index in [4.69, 9.17) is 0 Å². The van der Waals surface area contributed by atoms with E-state index < -0.39 is 0 Å². The Hall–Kier alpha value is -0.0800. The highest BCUT2D eigenvalue weighted by Gasteiger charge is 2.50. The van der Waals surface area contributed by atoms with E-state index >= 15 is 0 Å². The van der Waals surface area contributed by atoms with Gasteiger partial charge in [-0.05, 0) is 81.7 Å². The molecule has 102 valence electrons. The van der Waals surface area contributed by atoms with Crippen molar-refractivity contribution in [3.05, 3.63) is 0 Å². The molecule has 2 heteroatoms. The third-order valence-corrected chi connectivity index (χ3v) is 6.32. The van der Waals surface area contributed by atoms with E-state index in [0.29, 0.717) is 0 Å². The molecule has 0 radical (unpaired) electrons. The molecule has 0 aromatic heterocycles. The smallest absolute Gasteiger partial charge is 0.0207 e. The van der Waals surface area contributed by atoms with Crippen molar-refractivity contribution in [2.24, 2.45) is 23.2 Å². The van der Waals surface area contributed by atoms with E-state index in [0.717, 1.165) is 29.2 Å². The molecule has 0 aromatic rings. The maximum Gasteiger partial charge on any atom is 0.0207 e. The lowest BCUT2D eigenvalue weighted by Gasteiger charge is -2.57. The second-order valence-electron chi connectivity index (χ2n) is 8.05. The molecule has 1 N–H and O–H groups in total. The zero-order chi connectivity index (χ0) is 12.2. The number of nitrogens with zero attached hydrogens (tertiary/aromatic N) is 1. The van der Waals surface area contributed by atoms with Crippen molar-refractivity contribution in [2.75, 3.05) is 26.7 Å². The van der Waals surface area contributed by atoms with Crippen LogP contribution >= 0.6 is 0 Å². The Kier molecular flexibility index (Phi) is 2.74. The van der Waals surface area contributed by atoms with Gasteiger partial charge in [0.05, 0.1) is 0 Å². The fourth-order valence-electron chi connectivity index (χ4n) is 5.97. The summed E-state index contributed by atoms with van der Waals surface area (Å²) >= 11 is 0. The standard InChI is InChI=1S/C16H28N2/c1-18-3-2-15(10-18)17-11-16-7-12-4-13(8-16)6-14(5-12)9-16/h12-15,17H,2-11H2,1H3. The first kappa shape index (κ1) is 11.7. The van der Waals surface area contributed by atoms with Gasteiger partial charge in [-0.25, -0.2) is 0 Å². The van der Waals surface area contributed by atoms with E-state index in [-0.39, 0.29) is 0 Å². The minimum absolute atomic E-state index is 0.718. The summed E-state index contributed by atoms with van der Waals surface area (Å²) in [5.74, 6) is 3.30. The predicted molar refractivity (Wildman–Crippen MR) is 74.5 cm³/mol. The lowest BCUT2D eigenvalue weighted by atomic mass is 9.49. The molecule has 5 aliphatic rings. The van der Waals surface area contributed by atoms with Crippen LogP contribution < -0.4 is 5.32 Å². The molecule has 2 nitrogen and oxygen atoms in total. The van der Waals surface area contributed by atoms with Crippen LogP contribution in [0.2, 0.25) is 0 Å². The summed E-state index contributed by atoms with van der Waals surface area (Å²) in [6.45, 7) is 3.89.